The van der Waals surface area contributed by atoms with Gasteiger partial charge in [-0.3, -0.25) is 9.78 Å². The van der Waals surface area contributed by atoms with Gasteiger partial charge in [-0.2, -0.15) is 11.8 Å². The zero-order valence-electron chi connectivity index (χ0n) is 11.8. The van der Waals surface area contributed by atoms with E-state index in [0.29, 0.717) is 19.1 Å². The molecular formula is C15H15N3O3S. The lowest BCUT2D eigenvalue weighted by molar-refractivity contribution is 0.0996. The van der Waals surface area contributed by atoms with E-state index < -0.39 is 0 Å². The van der Waals surface area contributed by atoms with Gasteiger partial charge < -0.3 is 14.8 Å². The minimum atomic E-state index is -0.122. The van der Waals surface area contributed by atoms with Gasteiger partial charge in [0.1, 0.15) is 12.7 Å². The summed E-state index contributed by atoms with van der Waals surface area (Å²) in [7, 11) is 0. The van der Waals surface area contributed by atoms with Crippen LogP contribution in [0.4, 0.5) is 5.95 Å². The molecule has 1 unspecified atom stereocenters. The van der Waals surface area contributed by atoms with Crippen molar-refractivity contribution in [2.24, 2.45) is 0 Å². The Labute approximate surface area is 131 Å². The molecule has 2 N–H and O–H groups in total. The monoisotopic (exact) mass is 317 g/mol. The standard InChI is InChI=1S/C15H15N3O3S/c19-14-10-7-22-8-11(10)17-15(18-14)16-5-9-6-20-12-3-1-2-4-13(12)21-9/h1-4,9H,5-8H2,(H2,16,17,18,19). The fourth-order valence-electron chi connectivity index (χ4n) is 2.52. The number of anilines is 1. The zero-order chi connectivity index (χ0) is 14.9. The Bertz CT molecular complexity index is 762. The number of nitrogens with one attached hydrogen (secondary N) is 2. The highest BCUT2D eigenvalue weighted by molar-refractivity contribution is 7.98. The lowest BCUT2D eigenvalue weighted by Gasteiger charge is -2.26. The maximum atomic E-state index is 11.9. The Morgan fingerprint density at radius 1 is 1.32 bits per heavy atom. The number of ether oxygens (including phenoxy) is 2. The molecule has 1 aromatic carbocycles. The molecule has 0 spiro atoms. The highest BCUT2D eigenvalue weighted by atomic mass is 32.2. The molecule has 2 aromatic rings. The molecule has 2 aliphatic heterocycles. The molecular weight excluding hydrogens is 302 g/mol. The van der Waals surface area contributed by atoms with Crippen LogP contribution in [0.1, 0.15) is 11.3 Å². The van der Waals surface area contributed by atoms with Crippen LogP contribution >= 0.6 is 11.8 Å². The predicted molar refractivity (Wildman–Crippen MR) is 84.7 cm³/mol. The molecule has 1 atom stereocenters. The van der Waals surface area contributed by atoms with Crippen molar-refractivity contribution < 1.29 is 9.47 Å². The summed E-state index contributed by atoms with van der Waals surface area (Å²) in [5, 5.41) is 3.13. The van der Waals surface area contributed by atoms with Crippen LogP contribution in [0.2, 0.25) is 0 Å². The van der Waals surface area contributed by atoms with Crippen molar-refractivity contribution in [2.75, 3.05) is 18.5 Å². The van der Waals surface area contributed by atoms with E-state index in [0.717, 1.165) is 34.3 Å². The van der Waals surface area contributed by atoms with E-state index in [1.165, 1.54) is 0 Å². The molecule has 0 fully saturated rings. The first kappa shape index (κ1) is 13.5. The topological polar surface area (TPSA) is 76.2 Å². The van der Waals surface area contributed by atoms with Gasteiger partial charge >= 0.3 is 0 Å². The van der Waals surface area contributed by atoms with Crippen molar-refractivity contribution >= 4 is 17.7 Å². The van der Waals surface area contributed by atoms with Crippen molar-refractivity contribution in [2.45, 2.75) is 17.6 Å². The first-order chi connectivity index (χ1) is 10.8. The maximum absolute atomic E-state index is 11.9. The zero-order valence-corrected chi connectivity index (χ0v) is 12.6. The smallest absolute Gasteiger partial charge is 0.256 e. The van der Waals surface area contributed by atoms with E-state index >= 15 is 0 Å². The van der Waals surface area contributed by atoms with E-state index in [1.54, 1.807) is 11.8 Å². The number of fused-ring (bicyclic) bond motifs is 2. The third-order valence-electron chi connectivity index (χ3n) is 3.65. The third kappa shape index (κ3) is 2.52. The number of H-pyrrole nitrogens is 1. The van der Waals surface area contributed by atoms with Gasteiger partial charge in [0.2, 0.25) is 5.95 Å². The van der Waals surface area contributed by atoms with Gasteiger partial charge in [-0.15, -0.1) is 0 Å². The van der Waals surface area contributed by atoms with Gasteiger partial charge in [0.05, 0.1) is 12.2 Å². The summed E-state index contributed by atoms with van der Waals surface area (Å²) < 4.78 is 11.5. The molecule has 0 bridgehead atoms. The Balaban J connectivity index is 1.44. The Morgan fingerprint density at radius 3 is 3.09 bits per heavy atom. The molecule has 7 heteroatoms. The quantitative estimate of drug-likeness (QED) is 0.898. The number of thioether (sulfide) groups is 1. The Kier molecular flexibility index (Phi) is 3.42. The van der Waals surface area contributed by atoms with E-state index in [1.807, 2.05) is 24.3 Å². The summed E-state index contributed by atoms with van der Waals surface area (Å²) in [5.41, 5.74) is 1.62. The van der Waals surface area contributed by atoms with Crippen LogP contribution in [-0.2, 0) is 11.5 Å². The van der Waals surface area contributed by atoms with Gasteiger partial charge in [-0.1, -0.05) is 12.1 Å². The van der Waals surface area contributed by atoms with Crippen LogP contribution in [0.3, 0.4) is 0 Å². The highest BCUT2D eigenvalue weighted by Gasteiger charge is 2.21. The van der Waals surface area contributed by atoms with Crippen LogP contribution in [0, 0.1) is 0 Å². The molecule has 4 rings (SSSR count). The molecule has 0 saturated heterocycles. The number of para-hydroxylation sites is 2. The van der Waals surface area contributed by atoms with E-state index in [9.17, 15) is 4.79 Å². The maximum Gasteiger partial charge on any atom is 0.256 e. The largest absolute Gasteiger partial charge is 0.486 e. The number of nitrogens with zero attached hydrogens (tertiary/aromatic N) is 1. The van der Waals surface area contributed by atoms with Gasteiger partial charge in [-0.05, 0) is 12.1 Å². The van der Waals surface area contributed by atoms with E-state index in [2.05, 4.69) is 15.3 Å². The summed E-state index contributed by atoms with van der Waals surface area (Å²) in [6.07, 6.45) is -0.122. The molecule has 0 amide bonds. The summed E-state index contributed by atoms with van der Waals surface area (Å²) in [6.45, 7) is 0.984. The molecule has 1 aromatic heterocycles. The van der Waals surface area contributed by atoms with Crippen LogP contribution in [-0.4, -0.2) is 29.2 Å². The lowest BCUT2D eigenvalue weighted by Crippen LogP contribution is -2.36. The van der Waals surface area contributed by atoms with Crippen LogP contribution in [0.5, 0.6) is 11.5 Å². The first-order valence-corrected chi connectivity index (χ1v) is 8.27. The summed E-state index contributed by atoms with van der Waals surface area (Å²) in [5.74, 6) is 3.54. The second-order valence-electron chi connectivity index (χ2n) is 5.21. The summed E-state index contributed by atoms with van der Waals surface area (Å²) >= 11 is 1.71. The fourth-order valence-corrected chi connectivity index (χ4v) is 3.56. The van der Waals surface area contributed by atoms with E-state index in [4.69, 9.17) is 9.47 Å². The lowest BCUT2D eigenvalue weighted by atomic mass is 10.2. The molecule has 2 aliphatic rings. The van der Waals surface area contributed by atoms with Crippen molar-refractivity contribution in [1.29, 1.82) is 0 Å². The highest BCUT2D eigenvalue weighted by Crippen LogP contribution is 2.31. The van der Waals surface area contributed by atoms with Gasteiger partial charge in [0, 0.05) is 17.1 Å². The van der Waals surface area contributed by atoms with Gasteiger partial charge in [-0.25, -0.2) is 4.98 Å². The second kappa shape index (κ2) is 5.57. The molecule has 22 heavy (non-hydrogen) atoms. The van der Waals surface area contributed by atoms with Crippen LogP contribution in [0.15, 0.2) is 29.1 Å². The summed E-state index contributed by atoms with van der Waals surface area (Å²) in [6, 6.07) is 7.59. The molecule has 0 saturated carbocycles. The molecule has 114 valence electrons. The van der Waals surface area contributed by atoms with Crippen molar-refractivity contribution in [3.8, 4) is 11.5 Å². The number of benzene rings is 1. The average Bonchev–Trinajstić information content (AvgIpc) is 3.02. The Morgan fingerprint density at radius 2 is 2.18 bits per heavy atom. The fraction of sp³-hybridized carbons (Fsp3) is 0.333. The Hall–Kier alpha value is -2.15. The number of rotatable bonds is 3. The van der Waals surface area contributed by atoms with E-state index in [-0.39, 0.29) is 11.7 Å². The number of hydrogen-bond donors (Lipinski definition) is 2. The molecule has 3 heterocycles. The number of aromatic nitrogens is 2. The average molecular weight is 317 g/mol. The normalized spacial score (nSPS) is 18.8. The minimum absolute atomic E-state index is 0.0522. The van der Waals surface area contributed by atoms with Crippen LogP contribution in [0.25, 0.3) is 0 Å². The first-order valence-electron chi connectivity index (χ1n) is 7.12. The molecule has 6 nitrogen and oxygen atoms in total. The van der Waals surface area contributed by atoms with Gasteiger partial charge in [0.15, 0.2) is 11.5 Å². The SMILES string of the molecule is O=c1[nH]c(NCC2COc3ccccc3O2)nc2c1CSC2. The second-order valence-corrected chi connectivity index (χ2v) is 6.20. The third-order valence-corrected chi connectivity index (χ3v) is 4.62. The molecule has 0 aliphatic carbocycles. The number of hydrogen-bond acceptors (Lipinski definition) is 6. The van der Waals surface area contributed by atoms with Crippen LogP contribution < -0.4 is 20.3 Å². The van der Waals surface area contributed by atoms with Crippen molar-refractivity contribution in [3.63, 3.8) is 0 Å². The van der Waals surface area contributed by atoms with Crippen molar-refractivity contribution in [1.82, 2.24) is 9.97 Å². The van der Waals surface area contributed by atoms with Crippen molar-refractivity contribution in [3.05, 3.63) is 45.9 Å². The minimum Gasteiger partial charge on any atom is -0.486 e. The summed E-state index contributed by atoms with van der Waals surface area (Å²) in [4.78, 5) is 19.2. The number of aromatic amines is 1. The van der Waals surface area contributed by atoms with Gasteiger partial charge in [0.25, 0.3) is 5.56 Å². The molecule has 0 radical (unpaired) electrons. The predicted octanol–water partition coefficient (Wildman–Crippen LogP) is 1.77.